The van der Waals surface area contributed by atoms with Crippen molar-refractivity contribution in [2.45, 2.75) is 37.8 Å². The highest BCUT2D eigenvalue weighted by Crippen LogP contribution is 2.39. The van der Waals surface area contributed by atoms with E-state index in [1.54, 1.807) is 0 Å². The zero-order valence-corrected chi connectivity index (χ0v) is 26.0. The quantitative estimate of drug-likeness (QED) is 0.163. The first-order valence-corrected chi connectivity index (χ1v) is 14.5. The molecule has 3 aromatic carbocycles. The molecule has 52 heavy (non-hydrogen) atoms. The zero-order valence-electron chi connectivity index (χ0n) is 26.0. The van der Waals surface area contributed by atoms with Gasteiger partial charge in [-0.15, -0.1) is 0 Å². The Morgan fingerprint density at radius 3 is 1.50 bits per heavy atom. The second-order valence-corrected chi connectivity index (χ2v) is 11.5. The van der Waals surface area contributed by atoms with Gasteiger partial charge < -0.3 is 9.47 Å². The fourth-order valence-electron chi connectivity index (χ4n) is 5.50. The van der Waals surface area contributed by atoms with Crippen LogP contribution >= 0.6 is 0 Å². The van der Waals surface area contributed by atoms with Crippen LogP contribution in [0.4, 0.5) is 57.1 Å². The van der Waals surface area contributed by atoms with Crippen LogP contribution in [-0.2, 0) is 44.8 Å². The van der Waals surface area contributed by atoms with E-state index in [0.29, 0.717) is 9.47 Å². The van der Waals surface area contributed by atoms with Gasteiger partial charge in [0.15, 0.2) is 0 Å². The molecule has 1 amide bonds. The Hall–Kier alpha value is -5.42. The molecule has 18 heteroatoms. The van der Waals surface area contributed by atoms with Crippen molar-refractivity contribution in [1.29, 1.82) is 0 Å². The molecule has 274 valence electrons. The number of carbonyl (C=O) groups is 1. The third kappa shape index (κ3) is 7.89. The summed E-state index contributed by atoms with van der Waals surface area (Å²) >= 11 is 0. The zero-order chi connectivity index (χ0) is 38.6. The van der Waals surface area contributed by atoms with Crippen molar-refractivity contribution < 1.29 is 61.9 Å². The molecule has 0 fully saturated rings. The number of halogens is 13. The van der Waals surface area contributed by atoms with Crippen molar-refractivity contribution in [3.8, 4) is 11.1 Å². The van der Waals surface area contributed by atoms with Crippen LogP contribution in [-0.4, -0.2) is 20.4 Å². The van der Waals surface area contributed by atoms with Gasteiger partial charge >= 0.3 is 24.7 Å². The number of amides is 1. The minimum absolute atomic E-state index is 0.0372. The average Bonchev–Trinajstić information content (AvgIpc) is 3.04. The highest BCUT2D eigenvalue weighted by molar-refractivity contribution is 6.07. The Morgan fingerprint density at radius 2 is 1.10 bits per heavy atom. The predicted molar refractivity (Wildman–Crippen MR) is 159 cm³/mol. The summed E-state index contributed by atoms with van der Waals surface area (Å²) in [5.41, 5.74) is -11.0. The van der Waals surface area contributed by atoms with E-state index in [9.17, 15) is 66.7 Å². The van der Waals surface area contributed by atoms with E-state index < -0.39 is 94.2 Å². The van der Waals surface area contributed by atoms with E-state index in [4.69, 9.17) is 0 Å². The number of rotatable bonds is 6. The number of aromatic nitrogens is 2. The fourth-order valence-corrected chi connectivity index (χ4v) is 5.50. The van der Waals surface area contributed by atoms with Gasteiger partial charge in [-0.3, -0.25) is 14.6 Å². The van der Waals surface area contributed by atoms with Gasteiger partial charge in [-0.1, -0.05) is 18.2 Å². The third-order valence-electron chi connectivity index (χ3n) is 7.82. The molecular weight excluding hydrogens is 729 g/mol. The fraction of sp³-hybridized carbons (Fsp3) is 0.206. The first-order chi connectivity index (χ1) is 23.9. The van der Waals surface area contributed by atoms with E-state index in [2.05, 4.69) is 4.98 Å². The van der Waals surface area contributed by atoms with Crippen molar-refractivity contribution in [2.24, 2.45) is 7.05 Å². The van der Waals surface area contributed by atoms with Crippen molar-refractivity contribution in [2.75, 3.05) is 0 Å². The summed E-state index contributed by atoms with van der Waals surface area (Å²) in [5.74, 6) is -2.16. The topological polar surface area (TPSA) is 55.2 Å². The van der Waals surface area contributed by atoms with Crippen LogP contribution in [0.3, 0.4) is 0 Å². The number of hydrogen-bond acceptors (Lipinski definition) is 3. The van der Waals surface area contributed by atoms with E-state index in [1.165, 1.54) is 18.3 Å². The van der Waals surface area contributed by atoms with Gasteiger partial charge in [0.2, 0.25) is 0 Å². The summed E-state index contributed by atoms with van der Waals surface area (Å²) in [5, 5.41) is -0.0441. The smallest absolute Gasteiger partial charge is 0.329 e. The van der Waals surface area contributed by atoms with Crippen LogP contribution in [0.2, 0.25) is 0 Å². The molecule has 0 spiro atoms. The minimum atomic E-state index is -5.36. The lowest BCUT2D eigenvalue weighted by atomic mass is 9.97. The second-order valence-electron chi connectivity index (χ2n) is 11.5. The van der Waals surface area contributed by atoms with Crippen LogP contribution < -0.4 is 5.56 Å². The van der Waals surface area contributed by atoms with Crippen LogP contribution in [0, 0.1) is 5.82 Å². The molecule has 5 rings (SSSR count). The molecule has 0 radical (unpaired) electrons. The first-order valence-electron chi connectivity index (χ1n) is 14.5. The third-order valence-corrected chi connectivity index (χ3v) is 7.82. The van der Waals surface area contributed by atoms with Crippen molar-refractivity contribution in [1.82, 2.24) is 14.5 Å². The molecule has 5 aromatic rings. The number of pyridine rings is 2. The number of carbonyl (C=O) groups excluding carboxylic acids is 1. The van der Waals surface area contributed by atoms with Crippen LogP contribution in [0.5, 0.6) is 0 Å². The lowest BCUT2D eigenvalue weighted by molar-refractivity contribution is -0.144. The van der Waals surface area contributed by atoms with E-state index in [-0.39, 0.29) is 58.4 Å². The summed E-state index contributed by atoms with van der Waals surface area (Å²) in [6.07, 6.45) is -20.2. The van der Waals surface area contributed by atoms with Gasteiger partial charge in [-0.2, -0.15) is 52.7 Å². The molecule has 0 saturated heterocycles. The van der Waals surface area contributed by atoms with Gasteiger partial charge in [-0.05, 0) is 71.3 Å². The van der Waals surface area contributed by atoms with Crippen molar-refractivity contribution in [3.63, 3.8) is 0 Å². The molecule has 2 aromatic heterocycles. The number of nitrogens with zero attached hydrogens (tertiary/aromatic N) is 3. The molecule has 5 nitrogen and oxygen atoms in total. The number of hydrogen-bond donors (Lipinski definition) is 0. The molecule has 0 bridgehead atoms. The maximum absolute atomic E-state index is 14.5. The summed E-state index contributed by atoms with van der Waals surface area (Å²) < 4.78 is 180. The monoisotopic (exact) mass is 749 g/mol. The Kier molecular flexibility index (Phi) is 9.66. The van der Waals surface area contributed by atoms with E-state index in [1.807, 2.05) is 0 Å². The van der Waals surface area contributed by atoms with Gasteiger partial charge in [0.25, 0.3) is 11.5 Å². The molecule has 0 aliphatic rings. The summed E-state index contributed by atoms with van der Waals surface area (Å²) in [6.45, 7) is -2.49. The maximum Gasteiger partial charge on any atom is 0.416 e. The number of alkyl halides is 12. The van der Waals surface area contributed by atoms with Crippen molar-refractivity contribution in [3.05, 3.63) is 134 Å². The molecule has 2 heterocycles. The number of fused-ring (bicyclic) bond motifs is 1. The summed E-state index contributed by atoms with van der Waals surface area (Å²) in [6, 6.07) is 7.36. The number of benzene rings is 3. The highest BCUT2D eigenvalue weighted by atomic mass is 19.4. The maximum atomic E-state index is 14.5. The molecule has 0 N–H and O–H groups in total. The molecule has 0 aliphatic carbocycles. The molecule has 0 unspecified atom stereocenters. The summed E-state index contributed by atoms with van der Waals surface area (Å²) in [4.78, 5) is 32.4. The lowest BCUT2D eigenvalue weighted by Crippen LogP contribution is -2.36. The van der Waals surface area contributed by atoms with E-state index >= 15 is 0 Å². The van der Waals surface area contributed by atoms with Gasteiger partial charge in [0.05, 0.1) is 22.3 Å². The van der Waals surface area contributed by atoms with Crippen LogP contribution in [0.25, 0.3) is 22.0 Å². The summed E-state index contributed by atoms with van der Waals surface area (Å²) in [7, 11) is 1.03. The standard InChI is InChI=1S/C34H20F13N3O2/c1-49-28(26(19-4-6-24(35)7-5-19)25-3-2-8-48-27(25)29(49)51)30(52)50(15-17-9-20(31(36,37)38)13-21(10-17)32(39,40)41)16-18-11-22(33(42,43)44)14-23(12-18)34(45,46)47/h2-14H,15-16H2,1H3. The van der Waals surface area contributed by atoms with Gasteiger partial charge in [0, 0.05) is 37.3 Å². The average molecular weight is 750 g/mol. The Labute approximate surface area is 283 Å². The normalized spacial score (nSPS) is 12.7. The van der Waals surface area contributed by atoms with Gasteiger partial charge in [0.1, 0.15) is 17.0 Å². The Bertz CT molecular complexity index is 2080. The Morgan fingerprint density at radius 1 is 0.673 bits per heavy atom. The molecular formula is C34H20F13N3O2. The largest absolute Gasteiger partial charge is 0.416 e. The molecule has 0 atom stereocenters. The molecule has 0 aliphatic heterocycles. The molecule has 0 saturated carbocycles. The van der Waals surface area contributed by atoms with Crippen LogP contribution in [0.15, 0.2) is 83.8 Å². The second kappa shape index (κ2) is 13.3. The van der Waals surface area contributed by atoms with Crippen molar-refractivity contribution >= 4 is 16.8 Å². The minimum Gasteiger partial charge on any atom is -0.329 e. The Balaban J connectivity index is 1.80. The SMILES string of the molecule is Cn1c(C(=O)N(Cc2cc(C(F)(F)F)cc(C(F)(F)F)c2)Cc2cc(C(F)(F)F)cc(C(F)(F)F)c2)c(-c2ccc(F)cc2)c2cccnc2c1=O. The lowest BCUT2D eigenvalue weighted by Gasteiger charge is -2.27. The van der Waals surface area contributed by atoms with E-state index in [0.717, 1.165) is 31.3 Å². The predicted octanol–water partition coefficient (Wildman–Crippen LogP) is 9.66. The van der Waals surface area contributed by atoms with Crippen LogP contribution in [0.1, 0.15) is 43.9 Å². The van der Waals surface area contributed by atoms with Gasteiger partial charge in [-0.25, -0.2) is 4.39 Å². The first kappa shape index (κ1) is 37.8. The highest BCUT2D eigenvalue weighted by Gasteiger charge is 2.39.